The average Bonchev–Trinajstić information content (AvgIpc) is 3.29. The highest BCUT2D eigenvalue weighted by Crippen LogP contribution is 2.34. The van der Waals surface area contributed by atoms with Crippen LogP contribution in [0.1, 0.15) is 57.4 Å². The molecule has 2 aliphatic heterocycles. The van der Waals surface area contributed by atoms with Crippen LogP contribution in [0, 0.1) is 11.8 Å². The molecule has 0 radical (unpaired) electrons. The van der Waals surface area contributed by atoms with Gasteiger partial charge in [0.25, 0.3) is 0 Å². The van der Waals surface area contributed by atoms with Crippen LogP contribution < -0.4 is 10.1 Å². The van der Waals surface area contributed by atoms with Crippen LogP contribution in [-0.4, -0.2) is 54.3 Å². The Morgan fingerprint density at radius 3 is 2.63 bits per heavy atom. The van der Waals surface area contributed by atoms with Gasteiger partial charge in [-0.1, -0.05) is 18.2 Å². The van der Waals surface area contributed by atoms with Gasteiger partial charge in [-0.05, 0) is 94.1 Å². The number of aliphatic hydroxyl groups excluding tert-OH is 1. The predicted octanol–water partition coefficient (Wildman–Crippen LogP) is 3.62. The third kappa shape index (κ3) is 5.06. The number of hydrogen-bond acceptors (Lipinski definition) is 4. The summed E-state index contributed by atoms with van der Waals surface area (Å²) in [5.74, 6) is 1.89. The number of carbonyl (C=O) groups is 1. The van der Waals surface area contributed by atoms with Gasteiger partial charge < -0.3 is 20.1 Å². The van der Waals surface area contributed by atoms with Gasteiger partial charge in [0.2, 0.25) is 5.91 Å². The van der Waals surface area contributed by atoms with Crippen LogP contribution in [0.15, 0.2) is 30.3 Å². The standard InChI is InChI=1S/C25H36N2O3/c1-18(28)24-3-2-16-27(24)25(29)22-6-4-20(5-7-22)21-8-10-23(11-9-21)30-17-19-12-14-26-15-13-19/h4,8-11,18-19,22,24,26,28H,2-3,5-7,12-17H2,1H3/t18-,22?,24?/m1/s1. The Bertz CT molecular complexity index is 737. The molecule has 2 heterocycles. The molecule has 1 amide bonds. The van der Waals surface area contributed by atoms with Crippen LogP contribution in [0.4, 0.5) is 0 Å². The van der Waals surface area contributed by atoms with E-state index in [0.29, 0.717) is 5.92 Å². The van der Waals surface area contributed by atoms with E-state index in [9.17, 15) is 9.90 Å². The molecule has 0 saturated carbocycles. The monoisotopic (exact) mass is 412 g/mol. The van der Waals surface area contributed by atoms with Crippen LogP contribution in [0.25, 0.3) is 5.57 Å². The van der Waals surface area contributed by atoms with E-state index < -0.39 is 6.10 Å². The molecule has 2 fully saturated rings. The minimum Gasteiger partial charge on any atom is -0.493 e. The molecule has 164 valence electrons. The Hall–Kier alpha value is -1.85. The number of allylic oxidation sites excluding steroid dienone is 2. The number of ether oxygens (including phenoxy) is 1. The van der Waals surface area contributed by atoms with E-state index in [1.54, 1.807) is 6.92 Å². The fourth-order valence-electron chi connectivity index (χ4n) is 5.15. The van der Waals surface area contributed by atoms with Gasteiger partial charge in [0.15, 0.2) is 0 Å². The summed E-state index contributed by atoms with van der Waals surface area (Å²) in [5.41, 5.74) is 2.57. The maximum Gasteiger partial charge on any atom is 0.226 e. The smallest absolute Gasteiger partial charge is 0.226 e. The second-order valence-electron chi connectivity index (χ2n) is 9.21. The number of nitrogens with zero attached hydrogens (tertiary/aromatic N) is 1. The Balaban J connectivity index is 1.30. The molecule has 1 aromatic rings. The van der Waals surface area contributed by atoms with Crippen molar-refractivity contribution in [3.63, 3.8) is 0 Å². The molecule has 0 spiro atoms. The zero-order valence-corrected chi connectivity index (χ0v) is 18.2. The van der Waals surface area contributed by atoms with E-state index in [-0.39, 0.29) is 17.9 Å². The first kappa shape index (κ1) is 21.4. The lowest BCUT2D eigenvalue weighted by atomic mass is 9.85. The summed E-state index contributed by atoms with van der Waals surface area (Å²) in [6.07, 6.45) is 8.72. The summed E-state index contributed by atoms with van der Waals surface area (Å²) in [5, 5.41) is 13.4. The lowest BCUT2D eigenvalue weighted by Crippen LogP contribution is -2.44. The van der Waals surface area contributed by atoms with E-state index in [1.165, 1.54) is 24.0 Å². The van der Waals surface area contributed by atoms with E-state index in [1.807, 2.05) is 4.90 Å². The largest absolute Gasteiger partial charge is 0.493 e. The van der Waals surface area contributed by atoms with Gasteiger partial charge in [0, 0.05) is 12.5 Å². The third-order valence-corrected chi connectivity index (χ3v) is 7.07. The van der Waals surface area contributed by atoms with Gasteiger partial charge >= 0.3 is 0 Å². The Morgan fingerprint density at radius 2 is 1.97 bits per heavy atom. The minimum atomic E-state index is -0.443. The Kier molecular flexibility index (Phi) is 7.11. The Labute approximate surface area is 180 Å². The van der Waals surface area contributed by atoms with Crippen molar-refractivity contribution in [2.24, 2.45) is 11.8 Å². The molecule has 2 unspecified atom stereocenters. The average molecular weight is 413 g/mol. The van der Waals surface area contributed by atoms with E-state index in [0.717, 1.165) is 64.1 Å². The lowest BCUT2D eigenvalue weighted by Gasteiger charge is -2.31. The molecule has 0 aromatic heterocycles. The molecule has 0 bridgehead atoms. The molecular formula is C25H36N2O3. The van der Waals surface area contributed by atoms with Gasteiger partial charge in [-0.15, -0.1) is 0 Å². The molecule has 5 nitrogen and oxygen atoms in total. The Morgan fingerprint density at radius 1 is 1.20 bits per heavy atom. The summed E-state index contributed by atoms with van der Waals surface area (Å²) in [6, 6.07) is 8.45. The fraction of sp³-hybridized carbons (Fsp3) is 0.640. The van der Waals surface area contributed by atoms with Crippen LogP contribution >= 0.6 is 0 Å². The predicted molar refractivity (Wildman–Crippen MR) is 119 cm³/mol. The summed E-state index contributed by atoms with van der Waals surface area (Å²) >= 11 is 0. The zero-order chi connectivity index (χ0) is 20.9. The van der Waals surface area contributed by atoms with Gasteiger partial charge in [-0.25, -0.2) is 0 Å². The van der Waals surface area contributed by atoms with Crippen molar-refractivity contribution in [2.75, 3.05) is 26.2 Å². The summed E-state index contributed by atoms with van der Waals surface area (Å²) in [6.45, 7) is 5.59. The van der Waals surface area contributed by atoms with Crippen molar-refractivity contribution in [1.29, 1.82) is 0 Å². The number of rotatable bonds is 6. The van der Waals surface area contributed by atoms with Crippen molar-refractivity contribution in [3.05, 3.63) is 35.9 Å². The highest BCUT2D eigenvalue weighted by atomic mass is 16.5. The molecule has 4 rings (SSSR count). The number of carbonyl (C=O) groups excluding carboxylic acids is 1. The first-order valence-corrected chi connectivity index (χ1v) is 11.7. The molecule has 30 heavy (non-hydrogen) atoms. The molecular weight excluding hydrogens is 376 g/mol. The van der Waals surface area contributed by atoms with Crippen LogP contribution in [0.3, 0.4) is 0 Å². The number of likely N-dealkylation sites (tertiary alicyclic amines) is 1. The molecule has 3 aliphatic rings. The fourth-order valence-corrected chi connectivity index (χ4v) is 5.15. The van der Waals surface area contributed by atoms with Gasteiger partial charge in [-0.3, -0.25) is 4.79 Å². The molecule has 2 saturated heterocycles. The molecule has 3 atom stereocenters. The number of piperidine rings is 1. The maximum atomic E-state index is 13.0. The van der Waals surface area contributed by atoms with Gasteiger partial charge in [-0.2, -0.15) is 0 Å². The van der Waals surface area contributed by atoms with Crippen molar-refractivity contribution in [2.45, 2.75) is 64.0 Å². The molecule has 1 aliphatic carbocycles. The van der Waals surface area contributed by atoms with Gasteiger partial charge in [0.05, 0.1) is 18.8 Å². The summed E-state index contributed by atoms with van der Waals surface area (Å²) in [4.78, 5) is 14.9. The van der Waals surface area contributed by atoms with Crippen molar-refractivity contribution in [1.82, 2.24) is 10.2 Å². The lowest BCUT2D eigenvalue weighted by molar-refractivity contribution is -0.138. The molecule has 2 N–H and O–H groups in total. The molecule has 5 heteroatoms. The van der Waals surface area contributed by atoms with Crippen LogP contribution in [0.2, 0.25) is 0 Å². The topological polar surface area (TPSA) is 61.8 Å². The normalized spacial score (nSPS) is 26.3. The summed E-state index contributed by atoms with van der Waals surface area (Å²) in [7, 11) is 0. The zero-order valence-electron chi connectivity index (χ0n) is 18.2. The number of benzene rings is 1. The highest BCUT2D eigenvalue weighted by molar-refractivity contribution is 5.81. The SMILES string of the molecule is C[C@@H](O)C1CCCN1C(=O)C1CC=C(c2ccc(OCC3CCNCC3)cc2)CC1. The van der Waals surface area contributed by atoms with E-state index in [4.69, 9.17) is 4.74 Å². The van der Waals surface area contributed by atoms with E-state index >= 15 is 0 Å². The molecule has 1 aromatic carbocycles. The first-order chi connectivity index (χ1) is 14.6. The van der Waals surface area contributed by atoms with Crippen molar-refractivity contribution >= 4 is 11.5 Å². The first-order valence-electron chi connectivity index (χ1n) is 11.7. The summed E-state index contributed by atoms with van der Waals surface area (Å²) < 4.78 is 6.00. The number of nitrogens with one attached hydrogen (secondary N) is 1. The van der Waals surface area contributed by atoms with Gasteiger partial charge in [0.1, 0.15) is 5.75 Å². The maximum absolute atomic E-state index is 13.0. The highest BCUT2D eigenvalue weighted by Gasteiger charge is 2.35. The van der Waals surface area contributed by atoms with Crippen LogP contribution in [0.5, 0.6) is 5.75 Å². The quantitative estimate of drug-likeness (QED) is 0.749. The second-order valence-corrected chi connectivity index (χ2v) is 9.21. The van der Waals surface area contributed by atoms with E-state index in [2.05, 4.69) is 35.7 Å². The van der Waals surface area contributed by atoms with Crippen molar-refractivity contribution < 1.29 is 14.6 Å². The third-order valence-electron chi connectivity index (χ3n) is 7.07. The second kappa shape index (κ2) is 9.97. The van der Waals surface area contributed by atoms with Crippen LogP contribution in [-0.2, 0) is 4.79 Å². The minimum absolute atomic E-state index is 0.000272. The number of aliphatic hydroxyl groups is 1. The van der Waals surface area contributed by atoms with Crippen molar-refractivity contribution in [3.8, 4) is 5.75 Å². The number of hydrogen-bond donors (Lipinski definition) is 2. The number of amides is 1.